The summed E-state index contributed by atoms with van der Waals surface area (Å²) >= 11 is 6.12. The van der Waals surface area contributed by atoms with Gasteiger partial charge in [0.2, 0.25) is 0 Å². The molecule has 1 aromatic heterocycles. The Morgan fingerprint density at radius 2 is 1.79 bits per heavy atom. The number of hydrogen-bond donors (Lipinski definition) is 0. The van der Waals surface area contributed by atoms with E-state index in [-0.39, 0.29) is 11.7 Å². The summed E-state index contributed by atoms with van der Waals surface area (Å²) in [5.41, 5.74) is 2.08. The van der Waals surface area contributed by atoms with Crippen molar-refractivity contribution in [3.8, 4) is 5.69 Å². The van der Waals surface area contributed by atoms with E-state index in [2.05, 4.69) is 10.00 Å². The van der Waals surface area contributed by atoms with E-state index in [0.29, 0.717) is 48.9 Å². The lowest BCUT2D eigenvalue weighted by molar-refractivity contribution is 0.0627. The summed E-state index contributed by atoms with van der Waals surface area (Å²) < 4.78 is 15.7. The topological polar surface area (TPSA) is 41.4 Å². The van der Waals surface area contributed by atoms with Crippen molar-refractivity contribution in [2.24, 2.45) is 0 Å². The number of carbonyl (C=O) groups is 1. The summed E-state index contributed by atoms with van der Waals surface area (Å²) in [4.78, 5) is 16.7. The highest BCUT2D eigenvalue weighted by molar-refractivity contribution is 6.31. The van der Waals surface area contributed by atoms with Gasteiger partial charge in [0.15, 0.2) is 0 Å². The molecule has 3 aromatic rings. The van der Waals surface area contributed by atoms with Gasteiger partial charge < -0.3 is 4.90 Å². The molecule has 0 aliphatic carbocycles. The molecule has 0 unspecified atom stereocenters. The summed E-state index contributed by atoms with van der Waals surface area (Å²) in [6, 6.07) is 14.0. The number of piperazine rings is 1. The second-order valence-electron chi connectivity index (χ2n) is 6.77. The third kappa shape index (κ3) is 3.93. The number of hydrogen-bond acceptors (Lipinski definition) is 3. The second-order valence-corrected chi connectivity index (χ2v) is 7.17. The number of nitrogens with zero attached hydrogens (tertiary/aromatic N) is 4. The molecule has 7 heteroatoms. The van der Waals surface area contributed by atoms with Crippen LogP contribution in [0.25, 0.3) is 5.69 Å². The molecule has 0 N–H and O–H groups in total. The Bertz CT molecular complexity index is 931. The van der Waals surface area contributed by atoms with Crippen LogP contribution in [0.5, 0.6) is 0 Å². The molecule has 0 bridgehead atoms. The lowest BCUT2D eigenvalue weighted by Gasteiger charge is -2.35. The number of amides is 1. The minimum absolute atomic E-state index is 0.00980. The van der Waals surface area contributed by atoms with Crippen molar-refractivity contribution in [1.82, 2.24) is 19.6 Å². The molecule has 1 saturated heterocycles. The summed E-state index contributed by atoms with van der Waals surface area (Å²) in [7, 11) is 0. The van der Waals surface area contributed by atoms with Crippen molar-refractivity contribution in [3.05, 3.63) is 82.9 Å². The Kier molecular flexibility index (Phi) is 5.41. The summed E-state index contributed by atoms with van der Waals surface area (Å²) in [5, 5.41) is 4.63. The zero-order valence-electron chi connectivity index (χ0n) is 15.3. The number of halogens is 2. The maximum atomic E-state index is 14.0. The molecule has 144 valence electrons. The number of carbonyl (C=O) groups excluding carboxylic acids is 1. The van der Waals surface area contributed by atoms with Crippen LogP contribution >= 0.6 is 11.6 Å². The fraction of sp³-hybridized carbons (Fsp3) is 0.238. The minimum atomic E-state index is -0.289. The maximum Gasteiger partial charge on any atom is 0.253 e. The van der Waals surface area contributed by atoms with E-state index >= 15 is 0 Å². The average molecular weight is 399 g/mol. The Labute approximate surface area is 167 Å². The van der Waals surface area contributed by atoms with Crippen LogP contribution in [-0.2, 0) is 6.54 Å². The van der Waals surface area contributed by atoms with Gasteiger partial charge in [-0.15, -0.1) is 0 Å². The number of rotatable bonds is 4. The molecule has 0 atom stereocenters. The van der Waals surface area contributed by atoms with E-state index < -0.39 is 0 Å². The highest BCUT2D eigenvalue weighted by Gasteiger charge is 2.23. The van der Waals surface area contributed by atoms with Gasteiger partial charge in [0.05, 0.1) is 5.69 Å². The fourth-order valence-electron chi connectivity index (χ4n) is 3.38. The lowest BCUT2D eigenvalue weighted by atomic mass is 10.1. The van der Waals surface area contributed by atoms with Crippen molar-refractivity contribution < 1.29 is 9.18 Å². The van der Waals surface area contributed by atoms with Gasteiger partial charge in [-0.2, -0.15) is 5.10 Å². The first-order valence-electron chi connectivity index (χ1n) is 9.16. The van der Waals surface area contributed by atoms with Gasteiger partial charge in [0.1, 0.15) is 5.82 Å². The quantitative estimate of drug-likeness (QED) is 0.674. The molecule has 2 aromatic carbocycles. The molecule has 1 amide bonds. The molecule has 5 nitrogen and oxygen atoms in total. The predicted molar refractivity (Wildman–Crippen MR) is 106 cm³/mol. The average Bonchev–Trinajstić information content (AvgIpc) is 3.26. The first kappa shape index (κ1) is 18.7. The Morgan fingerprint density at radius 1 is 1.04 bits per heavy atom. The number of aromatic nitrogens is 2. The maximum absolute atomic E-state index is 14.0. The van der Waals surface area contributed by atoms with E-state index in [1.807, 2.05) is 41.4 Å². The van der Waals surface area contributed by atoms with Crippen LogP contribution in [0.2, 0.25) is 5.02 Å². The Morgan fingerprint density at radius 3 is 2.43 bits per heavy atom. The van der Waals surface area contributed by atoms with E-state index in [0.717, 1.165) is 5.69 Å². The van der Waals surface area contributed by atoms with Crippen LogP contribution in [-0.4, -0.2) is 51.7 Å². The van der Waals surface area contributed by atoms with Gasteiger partial charge in [-0.3, -0.25) is 9.69 Å². The molecular weight excluding hydrogens is 379 g/mol. The summed E-state index contributed by atoms with van der Waals surface area (Å²) in [5.74, 6) is -0.279. The van der Waals surface area contributed by atoms with Crippen LogP contribution in [0.3, 0.4) is 0 Å². The Hall–Kier alpha value is -2.70. The lowest BCUT2D eigenvalue weighted by Crippen LogP contribution is -2.48. The van der Waals surface area contributed by atoms with Crippen LogP contribution in [0.4, 0.5) is 4.39 Å². The zero-order valence-corrected chi connectivity index (χ0v) is 16.0. The highest BCUT2D eigenvalue weighted by Crippen LogP contribution is 2.21. The molecule has 28 heavy (non-hydrogen) atoms. The monoisotopic (exact) mass is 398 g/mol. The standard InChI is InChI=1S/C21H20ClFN4O/c22-19-3-1-4-20(23)18(19)15-25-11-13-26(14-12-25)21(28)16-5-7-17(8-6-16)27-10-2-9-24-27/h1-10H,11-15H2. The molecular formula is C21H20ClFN4O. The van der Waals surface area contributed by atoms with Crippen LogP contribution < -0.4 is 0 Å². The van der Waals surface area contributed by atoms with E-state index in [1.54, 1.807) is 23.0 Å². The van der Waals surface area contributed by atoms with Crippen molar-refractivity contribution in [1.29, 1.82) is 0 Å². The first-order valence-corrected chi connectivity index (χ1v) is 9.54. The smallest absolute Gasteiger partial charge is 0.253 e. The molecule has 0 radical (unpaired) electrons. The van der Waals surface area contributed by atoms with E-state index in [4.69, 9.17) is 11.6 Å². The molecule has 0 saturated carbocycles. The molecule has 2 heterocycles. The largest absolute Gasteiger partial charge is 0.336 e. The van der Waals surface area contributed by atoms with Crippen molar-refractivity contribution in [2.75, 3.05) is 26.2 Å². The van der Waals surface area contributed by atoms with Gasteiger partial charge in [0, 0.05) is 61.3 Å². The van der Waals surface area contributed by atoms with Crippen molar-refractivity contribution in [2.45, 2.75) is 6.54 Å². The number of benzene rings is 2. The molecule has 0 spiro atoms. The summed E-state index contributed by atoms with van der Waals surface area (Å²) in [6.45, 7) is 3.02. The van der Waals surface area contributed by atoms with E-state index in [1.165, 1.54) is 6.07 Å². The van der Waals surface area contributed by atoms with Crippen LogP contribution in [0.15, 0.2) is 60.9 Å². The van der Waals surface area contributed by atoms with Gasteiger partial charge in [-0.1, -0.05) is 17.7 Å². The van der Waals surface area contributed by atoms with Crippen molar-refractivity contribution >= 4 is 17.5 Å². The van der Waals surface area contributed by atoms with Crippen LogP contribution in [0.1, 0.15) is 15.9 Å². The minimum Gasteiger partial charge on any atom is -0.336 e. The van der Waals surface area contributed by atoms with Crippen molar-refractivity contribution in [3.63, 3.8) is 0 Å². The molecule has 1 aliphatic heterocycles. The predicted octanol–water partition coefficient (Wildman–Crippen LogP) is 3.62. The van der Waals surface area contributed by atoms with Gasteiger partial charge in [-0.05, 0) is 42.5 Å². The molecule has 4 rings (SSSR count). The third-order valence-corrected chi connectivity index (χ3v) is 5.34. The normalized spacial score (nSPS) is 15.0. The SMILES string of the molecule is O=C(c1ccc(-n2cccn2)cc1)N1CCN(Cc2c(F)cccc2Cl)CC1. The first-order chi connectivity index (χ1) is 13.6. The van der Waals surface area contributed by atoms with E-state index in [9.17, 15) is 9.18 Å². The molecule has 1 aliphatic rings. The third-order valence-electron chi connectivity index (χ3n) is 4.99. The van der Waals surface area contributed by atoms with Gasteiger partial charge >= 0.3 is 0 Å². The van der Waals surface area contributed by atoms with Gasteiger partial charge in [0.25, 0.3) is 5.91 Å². The van der Waals surface area contributed by atoms with Crippen LogP contribution in [0, 0.1) is 5.82 Å². The highest BCUT2D eigenvalue weighted by atomic mass is 35.5. The zero-order chi connectivity index (χ0) is 19.5. The fourth-order valence-corrected chi connectivity index (χ4v) is 3.60. The Balaban J connectivity index is 1.36. The second kappa shape index (κ2) is 8.12. The summed E-state index contributed by atoms with van der Waals surface area (Å²) in [6.07, 6.45) is 3.57. The van der Waals surface area contributed by atoms with Gasteiger partial charge in [-0.25, -0.2) is 9.07 Å². The molecule has 1 fully saturated rings.